The number of β-amino-alcohol motifs (C(OH)–C–C–N with tert-alkyl or cyclic N) is 1. The molecule has 11 nitrogen and oxygen atoms in total. The van der Waals surface area contributed by atoms with E-state index < -0.39 is 65.0 Å². The van der Waals surface area contributed by atoms with Gasteiger partial charge in [-0.15, -0.1) is 0 Å². The number of imidazole rings is 1. The van der Waals surface area contributed by atoms with Crippen LogP contribution in [-0.4, -0.2) is 92.6 Å². The zero-order valence-corrected chi connectivity index (χ0v) is 29.3. The summed E-state index contributed by atoms with van der Waals surface area (Å²) >= 11 is 0. The van der Waals surface area contributed by atoms with Crippen molar-refractivity contribution in [1.29, 1.82) is 0 Å². The molecule has 49 heavy (non-hydrogen) atoms. The molecule has 1 fully saturated rings. The van der Waals surface area contributed by atoms with Gasteiger partial charge in [0.2, 0.25) is 0 Å². The maximum atomic E-state index is 15.1. The number of aliphatic hydroxyl groups excluding tert-OH is 1. The molecule has 1 aliphatic rings. The second-order valence-corrected chi connectivity index (χ2v) is 13.9. The third-order valence-corrected chi connectivity index (χ3v) is 8.41. The van der Waals surface area contributed by atoms with E-state index in [1.807, 2.05) is 30.3 Å². The SMILES string of the molecule is COC(C)(C)[C@H](c1nc(-c2cc(F)ccc2F)cn1Cc1ccccc1)N(C[C@@H]1CN(C(=O)OC(C)(C)C)C[C@H]1O)C(=O)[C@H](C)OC(C)=O. The van der Waals surface area contributed by atoms with E-state index >= 15 is 4.39 Å². The van der Waals surface area contributed by atoms with Gasteiger partial charge in [-0.05, 0) is 65.3 Å². The number of aromatic nitrogens is 2. The fourth-order valence-corrected chi connectivity index (χ4v) is 5.93. The number of rotatable bonds is 11. The highest BCUT2D eigenvalue weighted by Crippen LogP contribution is 2.38. The van der Waals surface area contributed by atoms with Crippen LogP contribution in [0.4, 0.5) is 13.6 Å². The number of halogens is 2. The van der Waals surface area contributed by atoms with Gasteiger partial charge < -0.3 is 33.7 Å². The highest BCUT2D eigenvalue weighted by atomic mass is 19.1. The number of ether oxygens (including phenoxy) is 3. The maximum absolute atomic E-state index is 15.1. The van der Waals surface area contributed by atoms with Crippen LogP contribution in [0.1, 0.15) is 65.9 Å². The van der Waals surface area contributed by atoms with Gasteiger partial charge in [0, 0.05) is 51.3 Å². The molecule has 0 bridgehead atoms. The van der Waals surface area contributed by atoms with E-state index in [9.17, 15) is 23.9 Å². The standard InChI is InChI=1S/C36H46F2N4O7/c1-22(48-23(2)43)33(45)42(19-25-18-41(21-30(25)44)34(46)49-35(3,4)5)31(36(6,7)47-8)32-39-29(27-16-26(37)14-15-28(27)38)20-40(32)17-24-12-10-9-11-13-24/h9-16,20,22,25,30-31,44H,17-19,21H2,1-8H3/t22-,25-,30+,31-/m0/s1. The minimum Gasteiger partial charge on any atom is -0.453 e. The normalized spacial score (nSPS) is 17.8. The number of methoxy groups -OCH3 is 1. The van der Waals surface area contributed by atoms with Gasteiger partial charge in [-0.1, -0.05) is 30.3 Å². The van der Waals surface area contributed by atoms with Gasteiger partial charge in [-0.3, -0.25) is 9.59 Å². The lowest BCUT2D eigenvalue weighted by atomic mass is 9.93. The van der Waals surface area contributed by atoms with Crippen molar-refractivity contribution in [3.63, 3.8) is 0 Å². The minimum atomic E-state index is -1.24. The number of esters is 1. The van der Waals surface area contributed by atoms with Crippen molar-refractivity contribution in [2.24, 2.45) is 5.92 Å². The number of hydrogen-bond donors (Lipinski definition) is 1. The van der Waals surface area contributed by atoms with Gasteiger partial charge in [0.1, 0.15) is 29.1 Å². The van der Waals surface area contributed by atoms with E-state index in [4.69, 9.17) is 19.2 Å². The topological polar surface area (TPSA) is 123 Å². The van der Waals surface area contributed by atoms with Crippen molar-refractivity contribution in [2.75, 3.05) is 26.7 Å². The zero-order chi connectivity index (χ0) is 36.3. The first-order chi connectivity index (χ1) is 22.9. The van der Waals surface area contributed by atoms with Crippen molar-refractivity contribution < 1.29 is 42.5 Å². The lowest BCUT2D eigenvalue weighted by molar-refractivity contribution is -0.164. The Kier molecular flexibility index (Phi) is 11.5. The van der Waals surface area contributed by atoms with Crippen LogP contribution in [0.2, 0.25) is 0 Å². The van der Waals surface area contributed by atoms with E-state index in [0.29, 0.717) is 0 Å². The Morgan fingerprint density at radius 2 is 1.73 bits per heavy atom. The highest BCUT2D eigenvalue weighted by Gasteiger charge is 2.46. The first-order valence-electron chi connectivity index (χ1n) is 16.2. The van der Waals surface area contributed by atoms with Crippen LogP contribution >= 0.6 is 0 Å². The number of likely N-dealkylation sites (tertiary alicyclic amines) is 1. The summed E-state index contributed by atoms with van der Waals surface area (Å²) in [4.78, 5) is 46.9. The van der Waals surface area contributed by atoms with Crippen LogP contribution in [0, 0.1) is 17.6 Å². The molecule has 1 aromatic heterocycles. The van der Waals surface area contributed by atoms with Gasteiger partial charge in [-0.25, -0.2) is 18.6 Å². The summed E-state index contributed by atoms with van der Waals surface area (Å²) in [5.74, 6) is -2.99. The second kappa shape index (κ2) is 15.0. The Hall–Kier alpha value is -4.36. The van der Waals surface area contributed by atoms with Crippen LogP contribution < -0.4 is 0 Å². The molecule has 2 heterocycles. The minimum absolute atomic E-state index is 0.0227. The number of carbonyl (C=O) groups is 3. The molecule has 266 valence electrons. The molecule has 4 rings (SSSR count). The number of carbonyl (C=O) groups excluding carboxylic acids is 3. The first kappa shape index (κ1) is 37.5. The predicted molar refractivity (Wildman–Crippen MR) is 177 cm³/mol. The number of amides is 2. The van der Waals surface area contributed by atoms with Crippen molar-refractivity contribution in [3.8, 4) is 11.3 Å². The Balaban J connectivity index is 1.87. The molecule has 3 aromatic rings. The zero-order valence-electron chi connectivity index (χ0n) is 29.3. The molecule has 1 saturated heterocycles. The summed E-state index contributed by atoms with van der Waals surface area (Å²) in [6.07, 6.45) is -1.29. The fraction of sp³-hybridized carbons (Fsp3) is 0.500. The molecule has 13 heteroatoms. The molecule has 0 unspecified atom stereocenters. The van der Waals surface area contributed by atoms with Gasteiger partial charge in [0.15, 0.2) is 6.10 Å². The number of nitrogens with zero attached hydrogens (tertiary/aromatic N) is 4. The van der Waals surface area contributed by atoms with Crippen LogP contribution in [0.25, 0.3) is 11.3 Å². The Morgan fingerprint density at radius 1 is 1.06 bits per heavy atom. The molecule has 1 aliphatic heterocycles. The second-order valence-electron chi connectivity index (χ2n) is 13.9. The van der Waals surface area contributed by atoms with Gasteiger partial charge in [0.05, 0.1) is 23.9 Å². The highest BCUT2D eigenvalue weighted by molar-refractivity contribution is 5.83. The monoisotopic (exact) mass is 684 g/mol. The average molecular weight is 685 g/mol. The fourth-order valence-electron chi connectivity index (χ4n) is 5.93. The molecule has 2 amide bonds. The Labute approximate surface area is 285 Å². The third-order valence-electron chi connectivity index (χ3n) is 8.41. The van der Waals surface area contributed by atoms with Crippen LogP contribution in [0.3, 0.4) is 0 Å². The van der Waals surface area contributed by atoms with E-state index in [-0.39, 0.29) is 43.3 Å². The van der Waals surface area contributed by atoms with Gasteiger partial charge in [-0.2, -0.15) is 0 Å². The summed E-state index contributed by atoms with van der Waals surface area (Å²) in [7, 11) is 1.47. The number of aliphatic hydroxyl groups is 1. The molecule has 0 spiro atoms. The van der Waals surface area contributed by atoms with Crippen molar-refractivity contribution in [3.05, 3.63) is 77.8 Å². The number of hydrogen-bond acceptors (Lipinski definition) is 8. The van der Waals surface area contributed by atoms with Crippen molar-refractivity contribution in [2.45, 2.75) is 84.5 Å². The van der Waals surface area contributed by atoms with Crippen LogP contribution in [0.5, 0.6) is 0 Å². The maximum Gasteiger partial charge on any atom is 0.410 e. The summed E-state index contributed by atoms with van der Waals surface area (Å²) in [5.41, 5.74) is -1.03. The van der Waals surface area contributed by atoms with Crippen molar-refractivity contribution >= 4 is 18.0 Å². The summed E-state index contributed by atoms with van der Waals surface area (Å²) in [6.45, 7) is 11.5. The quantitative estimate of drug-likeness (QED) is 0.268. The van der Waals surface area contributed by atoms with E-state index in [0.717, 1.165) is 23.8 Å². The molecule has 0 saturated carbocycles. The summed E-state index contributed by atoms with van der Waals surface area (Å²) < 4.78 is 48.1. The molecule has 1 N–H and O–H groups in total. The predicted octanol–water partition coefficient (Wildman–Crippen LogP) is 5.35. The molecular weight excluding hydrogens is 638 g/mol. The first-order valence-corrected chi connectivity index (χ1v) is 16.2. The molecule has 0 radical (unpaired) electrons. The lowest BCUT2D eigenvalue weighted by Crippen LogP contribution is -2.53. The average Bonchev–Trinajstić information content (AvgIpc) is 3.59. The summed E-state index contributed by atoms with van der Waals surface area (Å²) in [5, 5.41) is 11.2. The Morgan fingerprint density at radius 3 is 2.35 bits per heavy atom. The van der Waals surface area contributed by atoms with Crippen molar-refractivity contribution in [1.82, 2.24) is 19.4 Å². The molecular formula is C36H46F2N4O7. The van der Waals surface area contributed by atoms with Crippen LogP contribution in [0.15, 0.2) is 54.7 Å². The third kappa shape index (κ3) is 9.21. The molecule has 0 aliphatic carbocycles. The smallest absolute Gasteiger partial charge is 0.410 e. The van der Waals surface area contributed by atoms with E-state index in [1.165, 1.54) is 30.8 Å². The van der Waals surface area contributed by atoms with Gasteiger partial charge in [0.25, 0.3) is 5.91 Å². The van der Waals surface area contributed by atoms with Gasteiger partial charge >= 0.3 is 12.1 Å². The summed E-state index contributed by atoms with van der Waals surface area (Å²) in [6, 6.07) is 11.5. The number of benzene rings is 2. The molecule has 4 atom stereocenters. The Bertz CT molecular complexity index is 1640. The van der Waals surface area contributed by atoms with Crippen LogP contribution in [-0.2, 0) is 30.3 Å². The largest absolute Gasteiger partial charge is 0.453 e. The van der Waals surface area contributed by atoms with E-state index in [2.05, 4.69) is 0 Å². The lowest BCUT2D eigenvalue weighted by Gasteiger charge is -2.42. The van der Waals surface area contributed by atoms with E-state index in [1.54, 1.807) is 45.4 Å². The molecule has 2 aromatic carbocycles.